The molecule has 23 N–H and O–H groups in total. The molecule has 456 valence electrons. The molecule has 7 aliphatic rings. The molecule has 7 heterocycles. The Morgan fingerprint density at radius 3 is 0.615 bits per heavy atom. The molecule has 7 saturated heterocycles. The van der Waals surface area contributed by atoms with E-state index in [-0.39, 0.29) is 0 Å². The van der Waals surface area contributed by atoms with E-state index in [0.717, 1.165) is 0 Å². The molecular formula is C42H72O36. The minimum Gasteiger partial charge on any atom is -0.394 e. The summed E-state index contributed by atoms with van der Waals surface area (Å²) >= 11 is 0. The lowest BCUT2D eigenvalue weighted by Crippen LogP contribution is -2.69. The lowest BCUT2D eigenvalue weighted by Gasteiger charge is -2.51. The molecule has 78 heavy (non-hydrogen) atoms. The van der Waals surface area contributed by atoms with Gasteiger partial charge in [-0.1, -0.05) is 0 Å². The fraction of sp³-hybridized carbons (Fsp3) is 1.00. The van der Waals surface area contributed by atoms with Crippen molar-refractivity contribution in [3.8, 4) is 0 Å². The molecule has 0 unspecified atom stereocenters. The van der Waals surface area contributed by atoms with Crippen LogP contribution in [0.3, 0.4) is 0 Å². The Hall–Kier alpha value is -1.44. The Balaban J connectivity index is 1.20. The van der Waals surface area contributed by atoms with Crippen molar-refractivity contribution in [3.63, 3.8) is 0 Å². The summed E-state index contributed by atoms with van der Waals surface area (Å²) < 4.78 is 74.3. The van der Waals surface area contributed by atoms with Gasteiger partial charge >= 0.3 is 0 Å². The molecule has 0 aromatic rings. The summed E-state index contributed by atoms with van der Waals surface area (Å²) in [6.07, 6.45) is -72.5. The molecule has 36 nitrogen and oxygen atoms in total. The molecule has 35 atom stereocenters. The fourth-order valence-corrected chi connectivity index (χ4v) is 9.88. The average molecular weight is 1150 g/mol. The lowest BCUT2D eigenvalue weighted by molar-refractivity contribution is -0.420. The predicted octanol–water partition coefficient (Wildman–Crippen LogP) is -16.3. The fourth-order valence-electron chi connectivity index (χ4n) is 9.88. The zero-order valence-corrected chi connectivity index (χ0v) is 40.8. The summed E-state index contributed by atoms with van der Waals surface area (Å²) in [6.45, 7) is -7.18. The molecule has 0 amide bonds. The third-order valence-corrected chi connectivity index (χ3v) is 14.6. The van der Waals surface area contributed by atoms with Gasteiger partial charge in [0.1, 0.15) is 171 Å². The van der Waals surface area contributed by atoms with Crippen molar-refractivity contribution in [1.29, 1.82) is 0 Å². The minimum absolute atomic E-state index is 0.890. The first-order valence-electron chi connectivity index (χ1n) is 24.7. The van der Waals surface area contributed by atoms with Crippen LogP contribution in [0, 0.1) is 0 Å². The maximum absolute atomic E-state index is 11.7. The predicted molar refractivity (Wildman–Crippen MR) is 232 cm³/mol. The van der Waals surface area contributed by atoms with E-state index in [2.05, 4.69) is 0 Å². The highest BCUT2D eigenvalue weighted by Gasteiger charge is 2.59. The van der Waals surface area contributed by atoms with E-state index in [0.29, 0.717) is 0 Å². The molecule has 36 heteroatoms. The zero-order valence-electron chi connectivity index (χ0n) is 40.8. The molecule has 0 saturated carbocycles. The van der Waals surface area contributed by atoms with Gasteiger partial charge in [-0.2, -0.15) is 0 Å². The second-order valence-electron chi connectivity index (χ2n) is 19.6. The summed E-state index contributed by atoms with van der Waals surface area (Å²) in [4.78, 5) is 0. The molecule has 7 fully saturated rings. The van der Waals surface area contributed by atoms with Crippen molar-refractivity contribution in [2.45, 2.75) is 215 Å². The molecule has 7 aliphatic heterocycles. The highest BCUT2D eigenvalue weighted by molar-refractivity contribution is 5.01. The highest BCUT2D eigenvalue weighted by atomic mass is 16.8. The molecule has 0 aromatic heterocycles. The van der Waals surface area contributed by atoms with Crippen LogP contribution in [0.5, 0.6) is 0 Å². The Kier molecular flexibility index (Phi) is 22.6. The van der Waals surface area contributed by atoms with E-state index in [4.69, 9.17) is 61.6 Å². The molecule has 0 radical (unpaired) electrons. The van der Waals surface area contributed by atoms with Gasteiger partial charge in [-0.15, -0.1) is 0 Å². The van der Waals surface area contributed by atoms with Gasteiger partial charge in [0.05, 0.1) is 46.2 Å². The number of ether oxygens (including phenoxy) is 13. The van der Waals surface area contributed by atoms with E-state index >= 15 is 0 Å². The summed E-state index contributed by atoms with van der Waals surface area (Å²) in [5, 5.41) is 246. The molecule has 0 aliphatic carbocycles. The van der Waals surface area contributed by atoms with E-state index < -0.39 is 261 Å². The third-order valence-electron chi connectivity index (χ3n) is 14.6. The maximum atomic E-state index is 11.7. The van der Waals surface area contributed by atoms with Crippen molar-refractivity contribution in [2.24, 2.45) is 0 Å². The standard InChI is InChI=1S/C42H72O36/c43-1-8-16(51)23(58)30(36(65)66-8)73-38-32(25(60)18(53)10(3-45)68-38)75-40-34(27(62)20(55)12(5-47)70-40)77-42-35(28(63)21(56)14(7-49)72-42)78-41-33(26(61)19(54)13(6-48)71-41)76-39-31(24(59)17(52)11(4-46)69-39)74-37-29(64)22(57)15(50)9(2-44)67-37/h8-65H,1-7H2/t8-,9-,10-,11-,12-,13-,14-,15-,16-,17-,18-,19-,20-,21-,22+,23+,24+,25+,26+,27+,28+,29+,30+,31+,32+,33+,34+,35+,36+,37+,38-,39+,40-,41+,42-/m1/s1. The van der Waals surface area contributed by atoms with Crippen molar-refractivity contribution in [1.82, 2.24) is 0 Å². The second-order valence-corrected chi connectivity index (χ2v) is 19.6. The van der Waals surface area contributed by atoms with Gasteiger partial charge in [-0.05, 0) is 0 Å². The third kappa shape index (κ3) is 12.9. The zero-order chi connectivity index (χ0) is 57.3. The summed E-state index contributed by atoms with van der Waals surface area (Å²) in [6, 6.07) is 0. The minimum atomic E-state index is -2.34. The van der Waals surface area contributed by atoms with E-state index in [9.17, 15) is 117 Å². The summed E-state index contributed by atoms with van der Waals surface area (Å²) in [7, 11) is 0. The van der Waals surface area contributed by atoms with E-state index in [1.807, 2.05) is 0 Å². The van der Waals surface area contributed by atoms with Crippen LogP contribution in [0.25, 0.3) is 0 Å². The Labute approximate surface area is 439 Å². The van der Waals surface area contributed by atoms with Crippen LogP contribution in [0.15, 0.2) is 0 Å². The number of hydrogen-bond donors (Lipinski definition) is 23. The number of rotatable bonds is 19. The van der Waals surface area contributed by atoms with Gasteiger partial charge in [0, 0.05) is 0 Å². The second kappa shape index (κ2) is 27.5. The van der Waals surface area contributed by atoms with Crippen LogP contribution >= 0.6 is 0 Å². The van der Waals surface area contributed by atoms with Gasteiger partial charge in [0.2, 0.25) is 0 Å². The van der Waals surface area contributed by atoms with Crippen LogP contribution in [-0.4, -0.2) is 379 Å². The number of hydrogen-bond acceptors (Lipinski definition) is 36. The summed E-state index contributed by atoms with van der Waals surface area (Å²) in [5.41, 5.74) is 0. The van der Waals surface area contributed by atoms with E-state index in [1.54, 1.807) is 0 Å². The van der Waals surface area contributed by atoms with Crippen molar-refractivity contribution >= 4 is 0 Å². The average Bonchev–Trinajstić information content (AvgIpc) is 3.43. The van der Waals surface area contributed by atoms with Gasteiger partial charge in [0.15, 0.2) is 44.0 Å². The van der Waals surface area contributed by atoms with Crippen LogP contribution in [0.2, 0.25) is 0 Å². The Bertz CT molecular complexity index is 1820. The Morgan fingerprint density at radius 1 is 0.192 bits per heavy atom. The topological polar surface area (TPSA) is 585 Å². The lowest BCUT2D eigenvalue weighted by atomic mass is 9.95. The van der Waals surface area contributed by atoms with Crippen molar-refractivity contribution in [3.05, 3.63) is 0 Å². The van der Waals surface area contributed by atoms with Crippen LogP contribution in [0.1, 0.15) is 0 Å². The number of aliphatic hydroxyl groups excluding tert-OH is 23. The molecule has 0 bridgehead atoms. The molecular weight excluding hydrogens is 1080 g/mol. The maximum Gasteiger partial charge on any atom is 0.187 e. The van der Waals surface area contributed by atoms with Crippen molar-refractivity contribution in [2.75, 3.05) is 46.2 Å². The summed E-state index contributed by atoms with van der Waals surface area (Å²) in [5.74, 6) is 0. The normalized spacial score (nSPS) is 53.5. The molecule has 0 aromatic carbocycles. The number of aliphatic hydroxyl groups is 23. The Morgan fingerprint density at radius 2 is 0.372 bits per heavy atom. The first-order chi connectivity index (χ1) is 37.0. The van der Waals surface area contributed by atoms with Gasteiger partial charge in [-0.25, -0.2) is 0 Å². The monoisotopic (exact) mass is 1150 g/mol. The molecule has 0 spiro atoms. The van der Waals surface area contributed by atoms with Crippen LogP contribution in [0.4, 0.5) is 0 Å². The largest absolute Gasteiger partial charge is 0.394 e. The SMILES string of the molecule is OC[C@H]1O[C@@H](O[C@@H]2[C@H](O[C@@H]3[C@H](O[C@@H]4[C@@H](O[C@@H]5[C@@H](O[C@@H]6[C@@H](O[C@H]7[C@@H](O)[C@H](O)[C@@H](CO)O[C@@H]7O)O[C@H](CO)[C@@H](O)[C@@H]6O)O[C@H](CO)[C@@H](O)[C@@H]5O)O[C@H](CO)[C@@H](O)[C@@H]4O)O[C@H](CO)[C@@H](O)[C@@H]3O)O[C@H](CO)[C@@H](O)[C@@H]2O)[C@@H](O)[C@@H](O)[C@@H]1O. The smallest absolute Gasteiger partial charge is 0.187 e. The highest BCUT2D eigenvalue weighted by Crippen LogP contribution is 2.39. The van der Waals surface area contributed by atoms with Gasteiger partial charge < -0.3 is 179 Å². The van der Waals surface area contributed by atoms with Crippen LogP contribution < -0.4 is 0 Å². The van der Waals surface area contributed by atoms with Crippen LogP contribution in [-0.2, 0) is 61.6 Å². The van der Waals surface area contributed by atoms with Crippen molar-refractivity contribution < 1.29 is 179 Å². The first-order valence-corrected chi connectivity index (χ1v) is 24.7. The van der Waals surface area contributed by atoms with Gasteiger partial charge in [-0.3, -0.25) is 0 Å². The van der Waals surface area contributed by atoms with Gasteiger partial charge in [0.25, 0.3) is 0 Å². The molecule has 7 rings (SSSR count). The quantitative estimate of drug-likeness (QED) is 0.0571. The first kappa shape index (κ1) is 64.1. The van der Waals surface area contributed by atoms with E-state index in [1.165, 1.54) is 0 Å².